The van der Waals surface area contributed by atoms with Gasteiger partial charge in [-0.1, -0.05) is 12.1 Å². The SMILES string of the molecule is CC(=O)NCCOc1cccc(C(C)=O)c1. The number of ketones is 1. The molecule has 0 fully saturated rings. The zero-order valence-electron chi connectivity index (χ0n) is 9.45. The molecule has 4 nitrogen and oxygen atoms in total. The van der Waals surface area contributed by atoms with Gasteiger partial charge in [0.2, 0.25) is 5.91 Å². The van der Waals surface area contributed by atoms with Crippen LogP contribution in [-0.4, -0.2) is 24.8 Å². The topological polar surface area (TPSA) is 55.4 Å². The Labute approximate surface area is 94.6 Å². The highest BCUT2D eigenvalue weighted by molar-refractivity contribution is 5.94. The van der Waals surface area contributed by atoms with Gasteiger partial charge in [-0.2, -0.15) is 0 Å². The maximum atomic E-state index is 11.1. The van der Waals surface area contributed by atoms with Crippen molar-refractivity contribution in [2.75, 3.05) is 13.2 Å². The molecule has 1 aromatic rings. The standard InChI is InChI=1S/C12H15NO3/c1-9(14)11-4-3-5-12(8-11)16-7-6-13-10(2)15/h3-5,8H,6-7H2,1-2H3,(H,13,15). The molecule has 1 rings (SSSR count). The summed E-state index contributed by atoms with van der Waals surface area (Å²) < 4.78 is 5.38. The van der Waals surface area contributed by atoms with E-state index >= 15 is 0 Å². The van der Waals surface area contributed by atoms with E-state index in [4.69, 9.17) is 4.74 Å². The largest absolute Gasteiger partial charge is 0.492 e. The monoisotopic (exact) mass is 221 g/mol. The van der Waals surface area contributed by atoms with Crippen LogP contribution in [0.5, 0.6) is 5.75 Å². The fraction of sp³-hybridized carbons (Fsp3) is 0.333. The minimum Gasteiger partial charge on any atom is -0.492 e. The molecule has 86 valence electrons. The first-order valence-electron chi connectivity index (χ1n) is 5.08. The summed E-state index contributed by atoms with van der Waals surface area (Å²) in [5.41, 5.74) is 0.622. The van der Waals surface area contributed by atoms with Gasteiger partial charge in [0.1, 0.15) is 12.4 Å². The summed E-state index contributed by atoms with van der Waals surface area (Å²) >= 11 is 0. The van der Waals surface area contributed by atoms with Crippen molar-refractivity contribution in [2.24, 2.45) is 0 Å². The molecule has 0 spiro atoms. The molecule has 0 unspecified atom stereocenters. The van der Waals surface area contributed by atoms with Crippen LogP contribution in [0.3, 0.4) is 0 Å². The van der Waals surface area contributed by atoms with E-state index in [2.05, 4.69) is 5.32 Å². The van der Waals surface area contributed by atoms with E-state index in [1.165, 1.54) is 13.8 Å². The number of benzene rings is 1. The van der Waals surface area contributed by atoms with E-state index in [1.807, 2.05) is 0 Å². The van der Waals surface area contributed by atoms with Gasteiger partial charge in [0.15, 0.2) is 5.78 Å². The van der Waals surface area contributed by atoms with E-state index in [1.54, 1.807) is 24.3 Å². The van der Waals surface area contributed by atoms with Gasteiger partial charge < -0.3 is 10.1 Å². The maximum Gasteiger partial charge on any atom is 0.216 e. The molecule has 0 saturated carbocycles. The summed E-state index contributed by atoms with van der Waals surface area (Å²) in [6.07, 6.45) is 0. The normalized spacial score (nSPS) is 9.62. The summed E-state index contributed by atoms with van der Waals surface area (Å²) in [4.78, 5) is 21.7. The molecule has 0 saturated heterocycles. The highest BCUT2D eigenvalue weighted by atomic mass is 16.5. The van der Waals surface area contributed by atoms with Crippen LogP contribution >= 0.6 is 0 Å². The predicted octanol–water partition coefficient (Wildman–Crippen LogP) is 1.40. The second-order valence-corrected chi connectivity index (χ2v) is 3.42. The van der Waals surface area contributed by atoms with Gasteiger partial charge in [-0.15, -0.1) is 0 Å². The van der Waals surface area contributed by atoms with Gasteiger partial charge >= 0.3 is 0 Å². The maximum absolute atomic E-state index is 11.1. The molecule has 0 radical (unpaired) electrons. The number of carbonyl (C=O) groups excluding carboxylic acids is 2. The zero-order valence-corrected chi connectivity index (χ0v) is 9.45. The molecule has 0 aliphatic rings. The van der Waals surface area contributed by atoms with Crippen molar-refractivity contribution in [3.8, 4) is 5.75 Å². The molecule has 1 amide bonds. The van der Waals surface area contributed by atoms with Crippen LogP contribution in [0.4, 0.5) is 0 Å². The third-order valence-corrected chi connectivity index (χ3v) is 1.99. The number of Topliss-reactive ketones (excluding diaryl/α,β-unsaturated/α-hetero) is 1. The Morgan fingerprint density at radius 3 is 2.69 bits per heavy atom. The van der Waals surface area contributed by atoms with Crippen LogP contribution in [-0.2, 0) is 4.79 Å². The van der Waals surface area contributed by atoms with Gasteiger partial charge in [-0.25, -0.2) is 0 Å². The quantitative estimate of drug-likeness (QED) is 0.604. The molecule has 0 bridgehead atoms. The van der Waals surface area contributed by atoms with Crippen molar-refractivity contribution >= 4 is 11.7 Å². The van der Waals surface area contributed by atoms with Gasteiger partial charge in [-0.3, -0.25) is 9.59 Å². The van der Waals surface area contributed by atoms with E-state index in [-0.39, 0.29) is 11.7 Å². The Kier molecular flexibility index (Phi) is 4.51. The smallest absolute Gasteiger partial charge is 0.216 e. The van der Waals surface area contributed by atoms with Crippen molar-refractivity contribution in [3.05, 3.63) is 29.8 Å². The van der Waals surface area contributed by atoms with E-state index in [0.717, 1.165) is 0 Å². The number of ether oxygens (including phenoxy) is 1. The van der Waals surface area contributed by atoms with Crippen LogP contribution in [0, 0.1) is 0 Å². The van der Waals surface area contributed by atoms with Crippen molar-refractivity contribution in [2.45, 2.75) is 13.8 Å². The molecule has 0 aromatic heterocycles. The van der Waals surface area contributed by atoms with E-state index in [0.29, 0.717) is 24.5 Å². The second kappa shape index (κ2) is 5.90. The molecule has 1 N–H and O–H groups in total. The van der Waals surface area contributed by atoms with Gasteiger partial charge in [-0.05, 0) is 19.1 Å². The predicted molar refractivity (Wildman–Crippen MR) is 60.6 cm³/mol. The molecule has 4 heteroatoms. The lowest BCUT2D eigenvalue weighted by atomic mass is 10.1. The summed E-state index contributed by atoms with van der Waals surface area (Å²) in [5.74, 6) is 0.562. The fourth-order valence-electron chi connectivity index (χ4n) is 1.20. The minimum absolute atomic E-state index is 0.00677. The van der Waals surface area contributed by atoms with Gasteiger partial charge in [0, 0.05) is 12.5 Å². The van der Waals surface area contributed by atoms with Gasteiger partial charge in [0.05, 0.1) is 6.54 Å². The average Bonchev–Trinajstić information content (AvgIpc) is 2.24. The molecular formula is C12H15NO3. The molecule has 0 atom stereocenters. The Hall–Kier alpha value is -1.84. The Balaban J connectivity index is 2.45. The molecule has 0 heterocycles. The number of carbonyl (C=O) groups is 2. The summed E-state index contributed by atoms with van der Waals surface area (Å²) in [6, 6.07) is 6.98. The van der Waals surface area contributed by atoms with E-state index < -0.39 is 0 Å². The lowest BCUT2D eigenvalue weighted by Gasteiger charge is -2.07. The lowest BCUT2D eigenvalue weighted by molar-refractivity contribution is -0.119. The first-order chi connectivity index (χ1) is 7.59. The molecule has 16 heavy (non-hydrogen) atoms. The van der Waals surface area contributed by atoms with Crippen molar-refractivity contribution < 1.29 is 14.3 Å². The number of rotatable bonds is 5. The van der Waals surface area contributed by atoms with Gasteiger partial charge in [0.25, 0.3) is 0 Å². The van der Waals surface area contributed by atoms with Crippen molar-refractivity contribution in [3.63, 3.8) is 0 Å². The highest BCUT2D eigenvalue weighted by Crippen LogP contribution is 2.13. The molecule has 1 aromatic carbocycles. The van der Waals surface area contributed by atoms with Crippen LogP contribution in [0.2, 0.25) is 0 Å². The third-order valence-electron chi connectivity index (χ3n) is 1.99. The Morgan fingerprint density at radius 2 is 2.06 bits per heavy atom. The first kappa shape index (κ1) is 12.2. The van der Waals surface area contributed by atoms with Crippen LogP contribution in [0.25, 0.3) is 0 Å². The van der Waals surface area contributed by atoms with Crippen LogP contribution in [0.15, 0.2) is 24.3 Å². The fourth-order valence-corrected chi connectivity index (χ4v) is 1.20. The number of amides is 1. The van der Waals surface area contributed by atoms with E-state index in [9.17, 15) is 9.59 Å². The molecule has 0 aliphatic carbocycles. The summed E-state index contributed by atoms with van der Waals surface area (Å²) in [6.45, 7) is 3.81. The van der Waals surface area contributed by atoms with Crippen LogP contribution < -0.4 is 10.1 Å². The summed E-state index contributed by atoms with van der Waals surface area (Å²) in [7, 11) is 0. The third kappa shape index (κ3) is 4.13. The van der Waals surface area contributed by atoms with Crippen LogP contribution in [0.1, 0.15) is 24.2 Å². The Bertz CT molecular complexity index is 388. The Morgan fingerprint density at radius 1 is 1.31 bits per heavy atom. The lowest BCUT2D eigenvalue weighted by Crippen LogP contribution is -2.25. The number of hydrogen-bond acceptors (Lipinski definition) is 3. The first-order valence-corrected chi connectivity index (χ1v) is 5.08. The average molecular weight is 221 g/mol. The summed E-state index contributed by atoms with van der Waals surface area (Å²) in [5, 5.41) is 2.62. The van der Waals surface area contributed by atoms with Crippen molar-refractivity contribution in [1.29, 1.82) is 0 Å². The number of hydrogen-bond donors (Lipinski definition) is 1. The zero-order chi connectivity index (χ0) is 12.0. The van der Waals surface area contributed by atoms with Crippen molar-refractivity contribution in [1.82, 2.24) is 5.32 Å². The molecular weight excluding hydrogens is 206 g/mol. The second-order valence-electron chi connectivity index (χ2n) is 3.42. The molecule has 0 aliphatic heterocycles. The highest BCUT2D eigenvalue weighted by Gasteiger charge is 2.00. The minimum atomic E-state index is -0.0823. The number of nitrogens with one attached hydrogen (secondary N) is 1.